The first-order valence-electron chi connectivity index (χ1n) is 8.64. The number of benzene rings is 1. The Morgan fingerprint density at radius 1 is 1.08 bits per heavy atom. The number of rotatable bonds is 3. The van der Waals surface area contributed by atoms with Crippen LogP contribution in [0.4, 0.5) is 0 Å². The Labute approximate surface area is 141 Å². The molecule has 2 aromatic heterocycles. The third kappa shape index (κ3) is 2.92. The molecule has 0 atom stereocenters. The van der Waals surface area contributed by atoms with Gasteiger partial charge in [-0.25, -0.2) is 0 Å². The SMILES string of the molecule is O=C(NC1CCCCC1)c1ccc2[nH]cc(-c3ccncc3)c2c1. The van der Waals surface area contributed by atoms with E-state index in [-0.39, 0.29) is 5.91 Å². The number of fused-ring (bicyclic) bond motifs is 1. The largest absolute Gasteiger partial charge is 0.361 e. The highest BCUT2D eigenvalue weighted by Crippen LogP contribution is 2.29. The van der Waals surface area contributed by atoms with Crippen LogP contribution in [0, 0.1) is 0 Å². The average molecular weight is 319 g/mol. The van der Waals surface area contributed by atoms with Gasteiger partial charge in [0.2, 0.25) is 0 Å². The van der Waals surface area contributed by atoms with Gasteiger partial charge in [-0.15, -0.1) is 0 Å². The van der Waals surface area contributed by atoms with Gasteiger partial charge in [-0.05, 0) is 48.7 Å². The molecule has 2 N–H and O–H groups in total. The lowest BCUT2D eigenvalue weighted by molar-refractivity contribution is 0.0928. The van der Waals surface area contributed by atoms with Crippen molar-refractivity contribution in [1.29, 1.82) is 0 Å². The molecule has 1 aliphatic carbocycles. The number of carbonyl (C=O) groups excluding carboxylic acids is 1. The normalized spacial score (nSPS) is 15.5. The van der Waals surface area contributed by atoms with Crippen LogP contribution < -0.4 is 5.32 Å². The number of nitrogens with zero attached hydrogens (tertiary/aromatic N) is 1. The Hall–Kier alpha value is -2.62. The monoisotopic (exact) mass is 319 g/mol. The molecular weight excluding hydrogens is 298 g/mol. The highest BCUT2D eigenvalue weighted by molar-refractivity contribution is 6.02. The van der Waals surface area contributed by atoms with Crippen molar-refractivity contribution in [2.24, 2.45) is 0 Å². The zero-order valence-electron chi connectivity index (χ0n) is 13.6. The number of aromatic amines is 1. The van der Waals surface area contributed by atoms with Crippen molar-refractivity contribution in [2.75, 3.05) is 0 Å². The van der Waals surface area contributed by atoms with Crippen molar-refractivity contribution < 1.29 is 4.79 Å². The molecule has 1 aromatic carbocycles. The molecule has 0 aliphatic heterocycles. The fourth-order valence-corrected chi connectivity index (χ4v) is 3.55. The minimum atomic E-state index is 0.0330. The summed E-state index contributed by atoms with van der Waals surface area (Å²) in [5, 5.41) is 4.26. The van der Waals surface area contributed by atoms with E-state index in [1.165, 1.54) is 19.3 Å². The van der Waals surface area contributed by atoms with Crippen molar-refractivity contribution >= 4 is 16.8 Å². The van der Waals surface area contributed by atoms with Crippen molar-refractivity contribution in [1.82, 2.24) is 15.3 Å². The molecule has 2 heterocycles. The Kier molecular flexibility index (Phi) is 4.03. The Bertz CT molecular complexity index is 848. The van der Waals surface area contributed by atoms with Crippen LogP contribution >= 0.6 is 0 Å². The van der Waals surface area contributed by atoms with E-state index in [4.69, 9.17) is 0 Å². The first-order chi connectivity index (χ1) is 11.8. The summed E-state index contributed by atoms with van der Waals surface area (Å²) in [5.41, 5.74) is 3.96. The molecule has 0 unspecified atom stereocenters. The molecule has 24 heavy (non-hydrogen) atoms. The van der Waals surface area contributed by atoms with Crippen LogP contribution in [0.2, 0.25) is 0 Å². The second-order valence-corrected chi connectivity index (χ2v) is 6.51. The molecule has 4 rings (SSSR count). The second kappa shape index (κ2) is 6.48. The molecule has 4 heteroatoms. The zero-order valence-corrected chi connectivity index (χ0v) is 13.6. The summed E-state index contributed by atoms with van der Waals surface area (Å²) < 4.78 is 0. The summed E-state index contributed by atoms with van der Waals surface area (Å²) in [7, 11) is 0. The number of aromatic nitrogens is 2. The summed E-state index contributed by atoms with van der Waals surface area (Å²) in [6.07, 6.45) is 11.5. The van der Waals surface area contributed by atoms with Gasteiger partial charge in [-0.1, -0.05) is 19.3 Å². The van der Waals surface area contributed by atoms with Gasteiger partial charge >= 0.3 is 0 Å². The van der Waals surface area contributed by atoms with Crippen LogP contribution in [0.15, 0.2) is 48.9 Å². The molecular formula is C20H21N3O. The summed E-state index contributed by atoms with van der Waals surface area (Å²) in [5.74, 6) is 0.0330. The van der Waals surface area contributed by atoms with Crippen LogP contribution in [0.5, 0.6) is 0 Å². The molecule has 122 valence electrons. The Balaban J connectivity index is 1.63. The van der Waals surface area contributed by atoms with E-state index in [2.05, 4.69) is 15.3 Å². The van der Waals surface area contributed by atoms with Gasteiger partial charge in [0, 0.05) is 46.7 Å². The number of hydrogen-bond acceptors (Lipinski definition) is 2. The van der Waals surface area contributed by atoms with Crippen LogP contribution in [-0.2, 0) is 0 Å². The first kappa shape index (κ1) is 14.9. The summed E-state index contributed by atoms with van der Waals surface area (Å²) in [4.78, 5) is 19.9. The maximum Gasteiger partial charge on any atom is 0.251 e. The van der Waals surface area contributed by atoms with Crippen LogP contribution in [0.25, 0.3) is 22.0 Å². The van der Waals surface area contributed by atoms with E-state index in [0.717, 1.165) is 40.4 Å². The molecule has 1 saturated carbocycles. The highest BCUT2D eigenvalue weighted by atomic mass is 16.1. The van der Waals surface area contributed by atoms with E-state index < -0.39 is 0 Å². The topological polar surface area (TPSA) is 57.8 Å². The lowest BCUT2D eigenvalue weighted by atomic mass is 9.95. The summed E-state index contributed by atoms with van der Waals surface area (Å²) in [6.45, 7) is 0. The van der Waals surface area contributed by atoms with Crippen molar-refractivity contribution in [3.63, 3.8) is 0 Å². The molecule has 3 aromatic rings. The van der Waals surface area contributed by atoms with Crippen LogP contribution in [-0.4, -0.2) is 21.9 Å². The van der Waals surface area contributed by atoms with E-state index >= 15 is 0 Å². The van der Waals surface area contributed by atoms with Gasteiger partial charge in [0.25, 0.3) is 5.91 Å². The van der Waals surface area contributed by atoms with E-state index in [0.29, 0.717) is 6.04 Å². The Morgan fingerprint density at radius 2 is 1.88 bits per heavy atom. The third-order valence-electron chi connectivity index (χ3n) is 4.88. The highest BCUT2D eigenvalue weighted by Gasteiger charge is 2.17. The standard InChI is InChI=1S/C20H21N3O/c24-20(23-16-4-2-1-3-5-16)15-6-7-19-17(12-15)18(13-22-19)14-8-10-21-11-9-14/h6-13,16,22H,1-5H2,(H,23,24). The fourth-order valence-electron chi connectivity index (χ4n) is 3.55. The minimum absolute atomic E-state index is 0.0330. The van der Waals surface area contributed by atoms with Crippen molar-refractivity contribution in [3.05, 3.63) is 54.5 Å². The molecule has 0 saturated heterocycles. The van der Waals surface area contributed by atoms with E-state index in [9.17, 15) is 4.79 Å². The van der Waals surface area contributed by atoms with Gasteiger partial charge in [0.1, 0.15) is 0 Å². The Morgan fingerprint density at radius 3 is 2.67 bits per heavy atom. The maximum absolute atomic E-state index is 12.6. The predicted molar refractivity (Wildman–Crippen MR) is 95.9 cm³/mol. The quantitative estimate of drug-likeness (QED) is 0.756. The number of hydrogen-bond donors (Lipinski definition) is 2. The second-order valence-electron chi connectivity index (χ2n) is 6.51. The zero-order chi connectivity index (χ0) is 16.4. The molecule has 4 nitrogen and oxygen atoms in total. The number of H-pyrrole nitrogens is 1. The number of nitrogens with one attached hydrogen (secondary N) is 2. The lowest BCUT2D eigenvalue weighted by Crippen LogP contribution is -2.36. The average Bonchev–Trinajstić information content (AvgIpc) is 3.06. The molecule has 0 radical (unpaired) electrons. The van der Waals surface area contributed by atoms with Crippen molar-refractivity contribution in [2.45, 2.75) is 38.1 Å². The van der Waals surface area contributed by atoms with Crippen LogP contribution in [0.1, 0.15) is 42.5 Å². The predicted octanol–water partition coefficient (Wildman–Crippen LogP) is 4.29. The summed E-state index contributed by atoms with van der Waals surface area (Å²) in [6, 6.07) is 10.2. The maximum atomic E-state index is 12.6. The minimum Gasteiger partial charge on any atom is -0.361 e. The van der Waals surface area contributed by atoms with Gasteiger partial charge in [-0.3, -0.25) is 9.78 Å². The summed E-state index contributed by atoms with van der Waals surface area (Å²) >= 11 is 0. The van der Waals surface area contributed by atoms with E-state index in [1.54, 1.807) is 12.4 Å². The van der Waals surface area contributed by atoms with Gasteiger partial charge in [-0.2, -0.15) is 0 Å². The van der Waals surface area contributed by atoms with Crippen molar-refractivity contribution in [3.8, 4) is 11.1 Å². The molecule has 1 aliphatic rings. The van der Waals surface area contributed by atoms with Gasteiger partial charge in [0.15, 0.2) is 0 Å². The molecule has 0 bridgehead atoms. The smallest absolute Gasteiger partial charge is 0.251 e. The molecule has 1 amide bonds. The third-order valence-corrected chi connectivity index (χ3v) is 4.88. The number of carbonyl (C=O) groups is 1. The molecule has 0 spiro atoms. The van der Waals surface area contributed by atoms with Gasteiger partial charge < -0.3 is 10.3 Å². The van der Waals surface area contributed by atoms with E-state index in [1.807, 2.05) is 36.5 Å². The molecule has 1 fully saturated rings. The number of amides is 1. The first-order valence-corrected chi connectivity index (χ1v) is 8.64. The fraction of sp³-hybridized carbons (Fsp3) is 0.300. The lowest BCUT2D eigenvalue weighted by Gasteiger charge is -2.22. The van der Waals surface area contributed by atoms with Gasteiger partial charge in [0.05, 0.1) is 0 Å². The number of pyridine rings is 1. The van der Waals surface area contributed by atoms with Crippen LogP contribution in [0.3, 0.4) is 0 Å².